The second kappa shape index (κ2) is 5.64. The molecule has 2 unspecified atom stereocenters. The molecule has 2 rings (SSSR count). The van der Waals surface area contributed by atoms with Gasteiger partial charge in [0.1, 0.15) is 0 Å². The van der Waals surface area contributed by atoms with Crippen LogP contribution in [-0.4, -0.2) is 25.8 Å². The summed E-state index contributed by atoms with van der Waals surface area (Å²) in [6.45, 7) is 1.10. The SMILES string of the molecule is COC1CCC(NCCc2cccs2)C1. The summed E-state index contributed by atoms with van der Waals surface area (Å²) in [7, 11) is 1.82. The largest absolute Gasteiger partial charge is 0.381 e. The van der Waals surface area contributed by atoms with E-state index in [0.29, 0.717) is 12.1 Å². The van der Waals surface area contributed by atoms with Crippen LogP contribution in [-0.2, 0) is 11.2 Å². The first kappa shape index (κ1) is 11.1. The Morgan fingerprint density at radius 2 is 2.47 bits per heavy atom. The summed E-state index contributed by atoms with van der Waals surface area (Å²) in [6.07, 6.45) is 5.31. The van der Waals surface area contributed by atoms with Crippen molar-refractivity contribution in [2.24, 2.45) is 0 Å². The van der Waals surface area contributed by atoms with Crippen LogP contribution in [0.1, 0.15) is 24.1 Å². The Balaban J connectivity index is 1.63. The van der Waals surface area contributed by atoms with Crippen LogP contribution in [0.15, 0.2) is 17.5 Å². The Labute approximate surface area is 95.6 Å². The molecule has 0 saturated heterocycles. The van der Waals surface area contributed by atoms with Gasteiger partial charge in [-0.15, -0.1) is 11.3 Å². The summed E-state index contributed by atoms with van der Waals surface area (Å²) in [6, 6.07) is 5.00. The summed E-state index contributed by atoms with van der Waals surface area (Å²) in [5.41, 5.74) is 0. The first-order valence-corrected chi connectivity index (χ1v) is 6.55. The maximum atomic E-state index is 5.36. The molecule has 0 aromatic carbocycles. The van der Waals surface area contributed by atoms with E-state index in [1.807, 2.05) is 18.4 Å². The lowest BCUT2D eigenvalue weighted by Crippen LogP contribution is -2.28. The van der Waals surface area contributed by atoms with Crippen LogP contribution in [0, 0.1) is 0 Å². The zero-order valence-corrected chi connectivity index (χ0v) is 10.1. The quantitative estimate of drug-likeness (QED) is 0.831. The molecular formula is C12H19NOS. The molecule has 84 valence electrons. The summed E-state index contributed by atoms with van der Waals surface area (Å²) in [5, 5.41) is 5.76. The second-order valence-corrected chi connectivity index (χ2v) is 5.18. The van der Waals surface area contributed by atoms with Crippen molar-refractivity contribution in [3.63, 3.8) is 0 Å². The van der Waals surface area contributed by atoms with Crippen LogP contribution in [0.3, 0.4) is 0 Å². The van der Waals surface area contributed by atoms with Gasteiger partial charge in [-0.3, -0.25) is 0 Å². The monoisotopic (exact) mass is 225 g/mol. The lowest BCUT2D eigenvalue weighted by molar-refractivity contribution is 0.107. The van der Waals surface area contributed by atoms with Gasteiger partial charge in [0, 0.05) is 24.6 Å². The molecule has 2 atom stereocenters. The molecule has 0 bridgehead atoms. The Hall–Kier alpha value is -0.380. The van der Waals surface area contributed by atoms with Gasteiger partial charge < -0.3 is 10.1 Å². The third kappa shape index (κ3) is 3.30. The molecule has 1 heterocycles. The fraction of sp³-hybridized carbons (Fsp3) is 0.667. The van der Waals surface area contributed by atoms with Gasteiger partial charge in [0.05, 0.1) is 6.10 Å². The van der Waals surface area contributed by atoms with Gasteiger partial charge >= 0.3 is 0 Å². The summed E-state index contributed by atoms with van der Waals surface area (Å²) in [4.78, 5) is 1.48. The van der Waals surface area contributed by atoms with E-state index >= 15 is 0 Å². The minimum atomic E-state index is 0.490. The number of rotatable bonds is 5. The molecule has 0 radical (unpaired) electrons. The number of nitrogens with one attached hydrogen (secondary N) is 1. The number of methoxy groups -OCH3 is 1. The van der Waals surface area contributed by atoms with E-state index in [1.165, 1.54) is 24.1 Å². The van der Waals surface area contributed by atoms with Gasteiger partial charge in [-0.1, -0.05) is 6.07 Å². The van der Waals surface area contributed by atoms with Gasteiger partial charge in [0.15, 0.2) is 0 Å². The van der Waals surface area contributed by atoms with Crippen molar-refractivity contribution in [2.75, 3.05) is 13.7 Å². The minimum Gasteiger partial charge on any atom is -0.381 e. The highest BCUT2D eigenvalue weighted by Crippen LogP contribution is 2.21. The van der Waals surface area contributed by atoms with Crippen molar-refractivity contribution in [1.29, 1.82) is 0 Å². The predicted molar refractivity (Wildman–Crippen MR) is 64.5 cm³/mol. The first-order chi connectivity index (χ1) is 7.38. The summed E-state index contributed by atoms with van der Waals surface area (Å²) < 4.78 is 5.36. The van der Waals surface area contributed by atoms with Gasteiger partial charge in [-0.25, -0.2) is 0 Å². The van der Waals surface area contributed by atoms with Crippen molar-refractivity contribution < 1.29 is 4.74 Å². The van der Waals surface area contributed by atoms with Crippen molar-refractivity contribution in [3.05, 3.63) is 22.4 Å². The Bertz CT molecular complexity index is 273. The van der Waals surface area contributed by atoms with Crippen LogP contribution in [0.5, 0.6) is 0 Å². The number of hydrogen-bond donors (Lipinski definition) is 1. The maximum absolute atomic E-state index is 5.36. The van der Waals surface area contributed by atoms with Gasteiger partial charge in [-0.2, -0.15) is 0 Å². The fourth-order valence-corrected chi connectivity index (χ4v) is 2.90. The molecule has 3 heteroatoms. The van der Waals surface area contributed by atoms with Crippen LogP contribution < -0.4 is 5.32 Å². The molecule has 15 heavy (non-hydrogen) atoms. The van der Waals surface area contributed by atoms with E-state index in [2.05, 4.69) is 22.8 Å². The third-order valence-electron chi connectivity index (χ3n) is 3.10. The number of thiophene rings is 1. The first-order valence-electron chi connectivity index (χ1n) is 5.67. The normalized spacial score (nSPS) is 25.9. The highest BCUT2D eigenvalue weighted by atomic mass is 32.1. The standard InChI is InChI=1S/C12H19NOS/c1-14-11-5-4-10(9-11)13-7-6-12-3-2-8-15-12/h2-3,8,10-11,13H,4-7,9H2,1H3. The van der Waals surface area contributed by atoms with E-state index in [1.54, 1.807) is 0 Å². The average Bonchev–Trinajstić information content (AvgIpc) is 2.88. The third-order valence-corrected chi connectivity index (χ3v) is 4.04. The van der Waals surface area contributed by atoms with E-state index < -0.39 is 0 Å². The second-order valence-electron chi connectivity index (χ2n) is 4.15. The topological polar surface area (TPSA) is 21.3 Å². The Morgan fingerprint density at radius 3 is 3.13 bits per heavy atom. The highest BCUT2D eigenvalue weighted by Gasteiger charge is 2.23. The van der Waals surface area contributed by atoms with E-state index in [9.17, 15) is 0 Å². The van der Waals surface area contributed by atoms with Gasteiger partial charge in [-0.05, 0) is 37.1 Å². The molecule has 1 aromatic rings. The molecule has 1 saturated carbocycles. The summed E-state index contributed by atoms with van der Waals surface area (Å²) in [5.74, 6) is 0. The minimum absolute atomic E-state index is 0.490. The lowest BCUT2D eigenvalue weighted by atomic mass is 10.2. The highest BCUT2D eigenvalue weighted by molar-refractivity contribution is 7.09. The lowest BCUT2D eigenvalue weighted by Gasteiger charge is -2.12. The molecule has 2 nitrogen and oxygen atoms in total. The molecule has 1 aromatic heterocycles. The molecule has 0 amide bonds. The van der Waals surface area contributed by atoms with Crippen molar-refractivity contribution in [2.45, 2.75) is 37.8 Å². The molecule has 0 spiro atoms. The zero-order valence-electron chi connectivity index (χ0n) is 9.24. The molecular weight excluding hydrogens is 206 g/mol. The zero-order chi connectivity index (χ0) is 10.5. The fourth-order valence-electron chi connectivity index (χ4n) is 2.19. The Morgan fingerprint density at radius 1 is 1.53 bits per heavy atom. The molecule has 1 aliphatic carbocycles. The van der Waals surface area contributed by atoms with E-state index in [0.717, 1.165) is 13.0 Å². The van der Waals surface area contributed by atoms with Gasteiger partial charge in [0.2, 0.25) is 0 Å². The summed E-state index contributed by atoms with van der Waals surface area (Å²) >= 11 is 1.85. The number of hydrogen-bond acceptors (Lipinski definition) is 3. The maximum Gasteiger partial charge on any atom is 0.0586 e. The predicted octanol–water partition coefficient (Wildman–Crippen LogP) is 2.45. The number of ether oxygens (including phenoxy) is 1. The van der Waals surface area contributed by atoms with E-state index in [-0.39, 0.29) is 0 Å². The smallest absolute Gasteiger partial charge is 0.0586 e. The van der Waals surface area contributed by atoms with Crippen molar-refractivity contribution in [1.82, 2.24) is 5.32 Å². The van der Waals surface area contributed by atoms with Crippen LogP contribution in [0.25, 0.3) is 0 Å². The van der Waals surface area contributed by atoms with Crippen molar-refractivity contribution >= 4 is 11.3 Å². The molecule has 1 aliphatic rings. The molecule has 1 fully saturated rings. The Kier molecular flexibility index (Phi) is 4.18. The van der Waals surface area contributed by atoms with Gasteiger partial charge in [0.25, 0.3) is 0 Å². The van der Waals surface area contributed by atoms with Crippen molar-refractivity contribution in [3.8, 4) is 0 Å². The molecule has 1 N–H and O–H groups in total. The van der Waals surface area contributed by atoms with Crippen LogP contribution in [0.2, 0.25) is 0 Å². The van der Waals surface area contributed by atoms with Crippen LogP contribution >= 0.6 is 11.3 Å². The van der Waals surface area contributed by atoms with E-state index in [4.69, 9.17) is 4.74 Å². The van der Waals surface area contributed by atoms with Crippen LogP contribution in [0.4, 0.5) is 0 Å². The molecule has 0 aliphatic heterocycles. The average molecular weight is 225 g/mol.